The number of carbonyl (C=O) groups excluding carboxylic acids is 3. The average molecular weight is 1170 g/mol. The molecule has 0 radical (unpaired) electrons. The van der Waals surface area contributed by atoms with Crippen LogP contribution in [0.1, 0.15) is 163 Å². The standard InChI is InChI=1S/C17H21NO2.C15H18O3.C6H12.C5H10.2Fe.He.Hf.Hg/c1-11-4-5-15(12(11)2)10-17(20)18-16-8-6-14(7-9-16)13(3)19;16-14(9-11-3-1-2-4-11)10-12-5-7-13(8-6-12)15(17)18;1-6-4-2-3-5-6;1-2-4-5-3-1;;;;;/h6,8,11-12,15H,4-5,10H2,1-3H3,(H,18,20);5-8,11H,1-4,9-10H2,(H,17,18);6H,2-5H2,1H3;1-5H2;;;;;/q-1;;;;;;;;. The molecule has 1 amide bonds. The monoisotopic (exact) mass is 1170 g/mol. The molecular weight excluding hydrogens is 1110 g/mol. The topological polar surface area (TPSA) is 101 Å². The predicted octanol–water partition coefficient (Wildman–Crippen LogP) is 10.1. The van der Waals surface area contributed by atoms with E-state index in [1.165, 1.54) is 89.9 Å². The summed E-state index contributed by atoms with van der Waals surface area (Å²) in [4.78, 5) is 46.2. The van der Waals surface area contributed by atoms with E-state index in [0.29, 0.717) is 68.8 Å². The first-order valence-electron chi connectivity index (χ1n) is 19.5. The molecule has 54 heavy (non-hydrogen) atoms. The molecule has 4 saturated carbocycles. The first-order valence-corrected chi connectivity index (χ1v) is 22.2. The normalized spacial score (nSPS) is 20.0. The molecule has 2 aromatic rings. The molecule has 2 N–H and O–H groups in total. The number of hydrogen-bond acceptors (Lipinski definition) is 4. The van der Waals surface area contributed by atoms with Gasteiger partial charge in [-0.05, 0) is 29.5 Å². The van der Waals surface area contributed by atoms with Crippen LogP contribution < -0.4 is 8.39 Å². The zero-order chi connectivity index (χ0) is 36.5. The molecule has 3 unspecified atom stereocenters. The van der Waals surface area contributed by atoms with Gasteiger partial charge in [0.05, 0.1) is 5.56 Å². The van der Waals surface area contributed by atoms with Crippen LogP contribution in [0.5, 0.6) is 0 Å². The van der Waals surface area contributed by atoms with Gasteiger partial charge in [0.2, 0.25) is 0 Å². The van der Waals surface area contributed by atoms with E-state index in [1.807, 2.05) is 0 Å². The quantitative estimate of drug-likeness (QED) is 0.148. The van der Waals surface area contributed by atoms with Gasteiger partial charge in [-0.3, -0.25) is 4.79 Å². The molecule has 3 atom stereocenters. The van der Waals surface area contributed by atoms with Gasteiger partial charge in [0, 0.05) is 79.0 Å². The van der Waals surface area contributed by atoms with Crippen molar-refractivity contribution in [1.82, 2.24) is 0 Å². The number of carboxylic acid groups (broad SMARTS) is 1. The summed E-state index contributed by atoms with van der Waals surface area (Å²) in [6.45, 7) is 8.43. The maximum Gasteiger partial charge on any atom is 0.335 e. The number of anilines is 1. The van der Waals surface area contributed by atoms with Gasteiger partial charge in [-0.2, -0.15) is 0 Å². The summed E-state index contributed by atoms with van der Waals surface area (Å²) in [5.74, 6) is 2.94. The van der Waals surface area contributed by atoms with Crippen LogP contribution in [0.2, 0.25) is 0 Å². The Hall–Kier alpha value is -0.527. The molecular formula is C43H61Fe2HeHfHgNO5-. The van der Waals surface area contributed by atoms with Crippen molar-refractivity contribution in [3.05, 3.63) is 59.2 Å². The van der Waals surface area contributed by atoms with Crippen molar-refractivity contribution in [2.75, 3.05) is 5.32 Å². The van der Waals surface area contributed by atoms with Gasteiger partial charge in [-0.1, -0.05) is 103 Å². The van der Waals surface area contributed by atoms with Crippen molar-refractivity contribution in [1.29, 1.82) is 0 Å². The predicted molar refractivity (Wildman–Crippen MR) is 199 cm³/mol. The summed E-state index contributed by atoms with van der Waals surface area (Å²) in [6, 6.07) is 13.3. The van der Waals surface area contributed by atoms with Gasteiger partial charge in [-0.15, -0.1) is 0 Å². The molecule has 4 fully saturated rings. The summed E-state index contributed by atoms with van der Waals surface area (Å²) in [5.41, 5.74) is 2.62. The molecule has 11 heteroatoms. The number of aromatic carboxylic acids is 1. The number of Topliss-reactive ketones (excluding diaryl/α,β-unsaturated/α-hetero) is 2. The Balaban J connectivity index is 0. The van der Waals surface area contributed by atoms with E-state index in [1.54, 1.807) is 43.3 Å². The van der Waals surface area contributed by atoms with Crippen LogP contribution in [-0.2, 0) is 102 Å². The van der Waals surface area contributed by atoms with E-state index in [-0.39, 0.29) is 89.2 Å². The molecule has 0 spiro atoms. The Morgan fingerprint density at radius 3 is 1.72 bits per heavy atom. The summed E-state index contributed by atoms with van der Waals surface area (Å²) < 4.78 is 0.975. The third-order valence-corrected chi connectivity index (χ3v) is 13.4. The number of amides is 1. The number of nitrogens with one attached hydrogen (secondary N) is 1. The van der Waals surface area contributed by atoms with E-state index < -0.39 is 5.97 Å². The van der Waals surface area contributed by atoms with Crippen molar-refractivity contribution in [3.63, 3.8) is 0 Å². The third-order valence-electron chi connectivity index (χ3n) is 11.2. The molecule has 0 saturated heterocycles. The van der Waals surface area contributed by atoms with Gasteiger partial charge in [-0.25, -0.2) is 4.79 Å². The van der Waals surface area contributed by atoms with Crippen molar-refractivity contribution >= 4 is 32.2 Å². The molecule has 2 aromatic carbocycles. The minimum atomic E-state index is -0.932. The molecule has 0 aliphatic heterocycles. The first-order chi connectivity index (χ1) is 23.9. The van der Waals surface area contributed by atoms with Crippen LogP contribution in [0, 0.1) is 41.8 Å². The molecule has 4 aliphatic rings. The molecule has 6 rings (SSSR count). The third kappa shape index (κ3) is 21.3. The minimum Gasteiger partial charge on any atom is -0.478 e. The van der Waals surface area contributed by atoms with Gasteiger partial charge < -0.3 is 5.11 Å². The average Bonchev–Trinajstić information content (AvgIpc) is 3.92. The first kappa shape index (κ1) is 55.6. The maximum absolute atomic E-state index is 12.2. The number of carbonyl (C=O) groups is 4. The van der Waals surface area contributed by atoms with Crippen LogP contribution in [0.25, 0.3) is 0 Å². The molecule has 0 bridgehead atoms. The second-order valence-electron chi connectivity index (χ2n) is 15.5. The van der Waals surface area contributed by atoms with Gasteiger partial charge in [0.25, 0.3) is 0 Å². The summed E-state index contributed by atoms with van der Waals surface area (Å²) >= 11 is 0.311. The molecule has 0 aromatic heterocycles. The molecule has 4 aliphatic carbocycles. The SMILES string of the molecule is C1CCCC1.CC(=O)c1ccc(NC(=O)CC2CCC(C)C2C)[c-][c]1[Hg].CC1CCCC1.O=C(Cc1ccc(C(=O)O)cc1)CC1CCCC1.[Fe].[Fe].[He].[Hf]. The van der Waals surface area contributed by atoms with Crippen molar-refractivity contribution in [2.45, 2.75) is 143 Å². The Labute approximate surface area is 382 Å². The molecule has 6 nitrogen and oxygen atoms in total. The number of carboxylic acids is 1. The van der Waals surface area contributed by atoms with Gasteiger partial charge in [0.15, 0.2) is 0 Å². The second-order valence-corrected chi connectivity index (χ2v) is 18.2. The molecule has 293 valence electrons. The summed E-state index contributed by atoms with van der Waals surface area (Å²) in [7, 11) is 0. The van der Waals surface area contributed by atoms with Gasteiger partial charge in [0.1, 0.15) is 5.78 Å². The molecule has 0 heterocycles. The Morgan fingerprint density at radius 1 is 0.759 bits per heavy atom. The number of hydrogen-bond donors (Lipinski definition) is 2. The van der Waals surface area contributed by atoms with Crippen LogP contribution in [-0.4, -0.2) is 28.5 Å². The zero-order valence-electron chi connectivity index (χ0n) is 33.3. The van der Waals surface area contributed by atoms with Gasteiger partial charge >= 0.3 is 149 Å². The summed E-state index contributed by atoms with van der Waals surface area (Å²) in [5, 5.41) is 11.7. The largest absolute Gasteiger partial charge is 0.478 e. The maximum atomic E-state index is 12.2. The number of rotatable bonds is 9. The number of benzene rings is 2. The smallest absolute Gasteiger partial charge is 0.335 e. The second kappa shape index (κ2) is 30.5. The van der Waals surface area contributed by atoms with E-state index >= 15 is 0 Å². The van der Waals surface area contributed by atoms with Crippen molar-refractivity contribution < 1.29 is 117 Å². The minimum absolute atomic E-state index is 0. The van der Waals surface area contributed by atoms with E-state index in [2.05, 4.69) is 32.2 Å². The number of ketones is 2. The summed E-state index contributed by atoms with van der Waals surface area (Å²) in [6.07, 6.45) is 22.4. The van der Waals surface area contributed by atoms with Crippen molar-refractivity contribution in [3.8, 4) is 0 Å². The zero-order valence-corrected chi connectivity index (χ0v) is 44.6. The van der Waals surface area contributed by atoms with Crippen LogP contribution >= 0.6 is 0 Å². The fraction of sp³-hybridized carbons (Fsp3) is 0.628. The van der Waals surface area contributed by atoms with E-state index in [0.717, 1.165) is 32.5 Å². The Morgan fingerprint density at radius 2 is 1.30 bits per heavy atom. The van der Waals surface area contributed by atoms with Crippen LogP contribution in [0.4, 0.5) is 5.69 Å². The fourth-order valence-corrected chi connectivity index (χ4v) is 9.92. The Kier molecular flexibility index (Phi) is 31.4. The van der Waals surface area contributed by atoms with Crippen molar-refractivity contribution in [2.24, 2.45) is 29.6 Å². The van der Waals surface area contributed by atoms with Crippen LogP contribution in [0.3, 0.4) is 0 Å². The fourth-order valence-electron chi connectivity index (χ4n) is 7.75. The van der Waals surface area contributed by atoms with Crippen LogP contribution in [0.15, 0.2) is 36.4 Å². The van der Waals surface area contributed by atoms with E-state index in [9.17, 15) is 19.2 Å². The van der Waals surface area contributed by atoms with E-state index in [4.69, 9.17) is 5.11 Å². The Bertz CT molecular complexity index is 1370.